The maximum atomic E-state index is 11.2. The van der Waals surface area contributed by atoms with Crippen molar-refractivity contribution in [2.24, 2.45) is 35.5 Å². The predicted molar refractivity (Wildman–Crippen MR) is 427 cm³/mol. The van der Waals surface area contributed by atoms with Crippen molar-refractivity contribution < 1.29 is 23.8 Å². The summed E-state index contributed by atoms with van der Waals surface area (Å²) in [4.78, 5) is 31.5. The molecule has 6 aromatic rings. The van der Waals surface area contributed by atoms with E-state index in [0.717, 1.165) is 79.7 Å². The van der Waals surface area contributed by atoms with Crippen molar-refractivity contribution in [3.05, 3.63) is 108 Å². The minimum atomic E-state index is -0.139. The Labute approximate surface area is 610 Å². The van der Waals surface area contributed by atoms with E-state index >= 15 is 0 Å². The Morgan fingerprint density at radius 2 is 0.800 bits per heavy atom. The summed E-state index contributed by atoms with van der Waals surface area (Å²) < 4.78 is 20.2. The van der Waals surface area contributed by atoms with Crippen molar-refractivity contribution in [2.45, 2.75) is 275 Å². The van der Waals surface area contributed by atoms with Crippen molar-refractivity contribution in [1.82, 2.24) is 39.8 Å². The minimum Gasteiger partial charge on any atom is -0.381 e. The third kappa shape index (κ3) is 31.2. The summed E-state index contributed by atoms with van der Waals surface area (Å²) in [6.07, 6.45) is 3.14. The number of ketones is 2. The zero-order valence-electron chi connectivity index (χ0n) is 68.8. The van der Waals surface area contributed by atoms with Crippen LogP contribution in [0.2, 0.25) is 0 Å². The number of anilines is 2. The first-order valence-electron chi connectivity index (χ1n) is 37.8. The summed E-state index contributed by atoms with van der Waals surface area (Å²) in [6.45, 7) is 68.3. The van der Waals surface area contributed by atoms with Crippen molar-refractivity contribution in [2.75, 3.05) is 63.4 Å². The Kier molecular flexibility index (Phi) is 40.6. The number of carbonyl (C=O) groups excluding carboxylic acids is 2. The number of hydrogen-bond acceptors (Lipinski definition) is 13. The molecular formula is C85H142N10O5. The van der Waals surface area contributed by atoms with Crippen LogP contribution in [0.4, 0.5) is 11.4 Å². The number of nitrogens with zero attached hydrogens (tertiary/aromatic N) is 10. The van der Waals surface area contributed by atoms with Crippen LogP contribution in [-0.4, -0.2) is 141 Å². The minimum absolute atomic E-state index is 0.139. The zero-order chi connectivity index (χ0) is 75.9. The maximum absolute atomic E-state index is 11.2. The summed E-state index contributed by atoms with van der Waals surface area (Å²) in [5.41, 5.74) is 13.9. The van der Waals surface area contributed by atoms with Crippen LogP contribution in [0.1, 0.15) is 231 Å². The Bertz CT molecular complexity index is 3140. The van der Waals surface area contributed by atoms with E-state index in [1.54, 1.807) is 0 Å². The summed E-state index contributed by atoms with van der Waals surface area (Å²) >= 11 is 0. The summed E-state index contributed by atoms with van der Waals surface area (Å²) in [6, 6.07) is 36.4. The quantitative estimate of drug-likeness (QED) is 0.0602. The van der Waals surface area contributed by atoms with E-state index in [-0.39, 0.29) is 23.4 Å². The Morgan fingerprint density at radius 1 is 0.440 bits per heavy atom. The molecule has 2 aliphatic heterocycles. The number of carbonyl (C=O) groups is 2. The number of benzene rings is 4. The summed E-state index contributed by atoms with van der Waals surface area (Å²) in [5.74, 6) is 3.84. The molecule has 4 heterocycles. The molecule has 0 aliphatic carbocycles. The van der Waals surface area contributed by atoms with Gasteiger partial charge >= 0.3 is 0 Å². The summed E-state index contributed by atoms with van der Waals surface area (Å²) in [5, 5.41) is 18.3. The first-order chi connectivity index (χ1) is 46.7. The SMILES string of the molecule is CC(C)C(=O)CN(C)C(C)C.CC(C)C(=O)CN(C)C(C)C.CC(C)CCOC(C)C.CC(C)CCOC(C)C.CC(C)COCC(C)C.CC(C)N1Cc2ccccc2-c2c(nnn2C(C)(C)C)-c2ccccc21.CC(C)N1Cc2ccccc2-c2nnn(C(C)C)c2-c2ccccc21. The number of aromatic nitrogens is 6. The molecule has 2 aromatic heterocycles. The van der Waals surface area contributed by atoms with Gasteiger partial charge in [0.2, 0.25) is 0 Å². The fourth-order valence-corrected chi connectivity index (χ4v) is 10.2. The lowest BCUT2D eigenvalue weighted by Crippen LogP contribution is -2.33. The van der Waals surface area contributed by atoms with Gasteiger partial charge in [0.05, 0.1) is 42.2 Å². The van der Waals surface area contributed by atoms with Gasteiger partial charge in [0.1, 0.15) is 23.0 Å². The van der Waals surface area contributed by atoms with Crippen LogP contribution >= 0.6 is 0 Å². The van der Waals surface area contributed by atoms with Crippen LogP contribution < -0.4 is 9.80 Å². The fourth-order valence-electron chi connectivity index (χ4n) is 10.2. The highest BCUT2D eigenvalue weighted by Gasteiger charge is 2.32. The van der Waals surface area contributed by atoms with E-state index in [0.29, 0.717) is 72.9 Å². The third-order valence-electron chi connectivity index (χ3n) is 17.0. The van der Waals surface area contributed by atoms with Crippen molar-refractivity contribution in [1.29, 1.82) is 0 Å². The zero-order valence-corrected chi connectivity index (χ0v) is 68.8. The molecular weight excluding hydrogens is 1240 g/mol. The van der Waals surface area contributed by atoms with Crippen LogP contribution in [0.3, 0.4) is 0 Å². The Morgan fingerprint density at radius 3 is 1.17 bits per heavy atom. The second-order valence-electron chi connectivity index (χ2n) is 32.3. The van der Waals surface area contributed by atoms with Crippen molar-refractivity contribution >= 4 is 22.9 Å². The molecule has 8 rings (SSSR count). The van der Waals surface area contributed by atoms with Crippen LogP contribution in [0, 0.1) is 35.5 Å². The number of fused-ring (bicyclic) bond motifs is 10. The van der Waals surface area contributed by atoms with E-state index in [9.17, 15) is 9.59 Å². The highest BCUT2D eigenvalue weighted by atomic mass is 16.5. The van der Waals surface area contributed by atoms with E-state index in [2.05, 4.69) is 320 Å². The summed E-state index contributed by atoms with van der Waals surface area (Å²) in [7, 11) is 3.95. The second kappa shape index (κ2) is 45.1. The number of Topliss-reactive ketones (excluding diaryl/α,β-unsaturated/α-hetero) is 2. The molecule has 0 atom stereocenters. The van der Waals surface area contributed by atoms with Crippen molar-refractivity contribution in [3.8, 4) is 45.0 Å². The lowest BCUT2D eigenvalue weighted by atomic mass is 9.94. The van der Waals surface area contributed by atoms with Gasteiger partial charge in [-0.25, -0.2) is 9.36 Å². The lowest BCUT2D eigenvalue weighted by molar-refractivity contribution is -0.123. The first kappa shape index (κ1) is 90.0. The molecule has 0 bridgehead atoms. The third-order valence-corrected chi connectivity index (χ3v) is 17.0. The standard InChI is InChI=1S/C22H26N4.C21H24N4.2C9H19NO.3C8H18O/c1-15(2)25-14-16-10-6-7-11-17(16)21-20(18-12-8-9-13-19(18)25)23-24-26(21)22(3,4)5;1-14(2)24-13-16-9-5-6-10-17(16)20-21(25(15(3)4)23-22-20)18-11-7-8-12-19(18)24;2*1-7(2)9(11)6-10(5)8(3)4;1-7(2)5-9-6-8(3)4;2*1-7(2)5-6-9-8(3)4/h6-13,15H,14H2,1-5H3;5-12,14-15H,13H2,1-4H3;2*7-8H,6H2,1-5H3;3*7-8H,5-6H2,1-4H3. The van der Waals surface area contributed by atoms with Gasteiger partial charge in [0.15, 0.2) is 0 Å². The topological polar surface area (TPSA) is 136 Å². The molecule has 0 amide bonds. The number of ether oxygens (including phenoxy) is 3. The van der Waals surface area contributed by atoms with E-state index in [4.69, 9.17) is 14.2 Å². The molecule has 15 nitrogen and oxygen atoms in total. The monoisotopic (exact) mass is 1380 g/mol. The van der Waals surface area contributed by atoms with E-state index < -0.39 is 0 Å². The number of rotatable bonds is 23. The molecule has 2 aliphatic rings. The Balaban J connectivity index is 0.000000422. The lowest BCUT2D eigenvalue weighted by Gasteiger charge is -2.33. The van der Waals surface area contributed by atoms with Crippen molar-refractivity contribution in [3.63, 3.8) is 0 Å². The molecule has 0 radical (unpaired) electrons. The van der Waals surface area contributed by atoms with Crippen LogP contribution in [0.25, 0.3) is 45.0 Å². The highest BCUT2D eigenvalue weighted by molar-refractivity contribution is 5.90. The largest absolute Gasteiger partial charge is 0.381 e. The maximum Gasteiger partial charge on any atom is 0.149 e. The number of hydrogen-bond donors (Lipinski definition) is 0. The van der Waals surface area contributed by atoms with Gasteiger partial charge < -0.3 is 24.0 Å². The number of para-hydroxylation sites is 2. The highest BCUT2D eigenvalue weighted by Crippen LogP contribution is 2.44. The van der Waals surface area contributed by atoms with Crippen LogP contribution in [0.5, 0.6) is 0 Å². The van der Waals surface area contributed by atoms with Crippen LogP contribution in [-0.2, 0) is 42.4 Å². The molecule has 562 valence electrons. The van der Waals surface area contributed by atoms with Gasteiger partial charge in [-0.1, -0.05) is 178 Å². The average molecular weight is 1380 g/mol. The van der Waals surface area contributed by atoms with E-state index in [1.165, 1.54) is 52.0 Å². The molecule has 0 saturated carbocycles. The smallest absolute Gasteiger partial charge is 0.149 e. The molecule has 0 fully saturated rings. The van der Waals surface area contributed by atoms with Gasteiger partial charge in [0.25, 0.3) is 0 Å². The normalized spacial score (nSPS) is 12.5. The second-order valence-corrected chi connectivity index (χ2v) is 32.3. The molecule has 100 heavy (non-hydrogen) atoms. The van der Waals surface area contributed by atoms with Gasteiger partial charge in [-0.05, 0) is 192 Å². The molecule has 0 spiro atoms. The number of likely N-dealkylation sites (N-methyl/N-ethyl adjacent to an activating group) is 2. The van der Waals surface area contributed by atoms with Gasteiger partial charge in [-0.15, -0.1) is 10.2 Å². The Hall–Kier alpha value is -6.10. The van der Waals surface area contributed by atoms with E-state index in [1.807, 2.05) is 41.8 Å². The predicted octanol–water partition coefficient (Wildman–Crippen LogP) is 20.4. The molecule has 0 saturated heterocycles. The van der Waals surface area contributed by atoms with Crippen LogP contribution in [0.15, 0.2) is 97.1 Å². The van der Waals surface area contributed by atoms with Gasteiger partial charge in [-0.2, -0.15) is 0 Å². The first-order valence-corrected chi connectivity index (χ1v) is 37.8. The van der Waals surface area contributed by atoms with Gasteiger partial charge in [-0.3, -0.25) is 19.4 Å². The van der Waals surface area contributed by atoms with Gasteiger partial charge in [0, 0.05) is 115 Å². The molecule has 0 unspecified atom stereocenters. The average Bonchev–Trinajstić information content (AvgIpc) is 1.52. The fraction of sp³-hybridized carbons (Fsp3) is 0.647. The molecule has 15 heteroatoms. The molecule has 0 N–H and O–H groups in total. The molecule has 4 aromatic carbocycles.